The number of nitrogen functional groups attached to an aromatic ring is 1. The van der Waals surface area contributed by atoms with Gasteiger partial charge in [0.25, 0.3) is 5.91 Å². The van der Waals surface area contributed by atoms with E-state index >= 15 is 0 Å². The third-order valence-electron chi connectivity index (χ3n) is 5.21. The Bertz CT molecular complexity index is 992. The van der Waals surface area contributed by atoms with Gasteiger partial charge < -0.3 is 30.7 Å². The fourth-order valence-electron chi connectivity index (χ4n) is 3.48. The summed E-state index contributed by atoms with van der Waals surface area (Å²) in [6.07, 6.45) is 1.91. The van der Waals surface area contributed by atoms with E-state index in [-0.39, 0.29) is 12.0 Å². The van der Waals surface area contributed by atoms with Crippen molar-refractivity contribution in [2.24, 2.45) is 0 Å². The zero-order chi connectivity index (χ0) is 25.8. The van der Waals surface area contributed by atoms with Crippen molar-refractivity contribution in [2.75, 3.05) is 39.1 Å². The first kappa shape index (κ1) is 27.9. The van der Waals surface area contributed by atoms with Gasteiger partial charge in [-0.3, -0.25) is 9.69 Å². The number of carbonyl (C=O) groups is 3. The molecule has 1 saturated heterocycles. The van der Waals surface area contributed by atoms with Gasteiger partial charge in [0.05, 0.1) is 36.1 Å². The number of morpholine rings is 1. The number of rotatable bonds is 8. The van der Waals surface area contributed by atoms with E-state index in [1.54, 1.807) is 6.07 Å². The van der Waals surface area contributed by atoms with Crippen LogP contribution in [0.4, 0.5) is 5.69 Å². The van der Waals surface area contributed by atoms with Crippen LogP contribution in [-0.2, 0) is 20.9 Å². The molecule has 190 valence electrons. The Kier molecular flexibility index (Phi) is 11.3. The molecule has 11 heteroatoms. The number of hydrogen-bond donors (Lipinski definition) is 4. The van der Waals surface area contributed by atoms with Crippen LogP contribution in [0, 0.1) is 0 Å². The molecule has 1 heterocycles. The summed E-state index contributed by atoms with van der Waals surface area (Å²) in [5.74, 6) is -3.46. The van der Waals surface area contributed by atoms with E-state index < -0.39 is 11.9 Å². The third-order valence-corrected chi connectivity index (χ3v) is 5.53. The molecule has 35 heavy (non-hydrogen) atoms. The molecule has 1 atom stereocenters. The number of hydrogen-bond acceptors (Lipinski definition) is 7. The van der Waals surface area contributed by atoms with E-state index in [0.29, 0.717) is 28.6 Å². The number of carbonyl (C=O) groups excluding carboxylic acids is 1. The van der Waals surface area contributed by atoms with Crippen LogP contribution < -0.4 is 15.8 Å². The van der Waals surface area contributed by atoms with Crippen molar-refractivity contribution in [3.63, 3.8) is 0 Å². The number of nitrogens with zero attached hydrogens (tertiary/aromatic N) is 1. The van der Waals surface area contributed by atoms with Crippen molar-refractivity contribution >= 4 is 35.1 Å². The molecular weight excluding hydrogens is 478 g/mol. The molecule has 1 aliphatic heterocycles. The summed E-state index contributed by atoms with van der Waals surface area (Å²) >= 11 is 6.04. The van der Waals surface area contributed by atoms with E-state index in [2.05, 4.69) is 34.5 Å². The average Bonchev–Trinajstić information content (AvgIpc) is 2.84. The van der Waals surface area contributed by atoms with Gasteiger partial charge in [-0.25, -0.2) is 9.59 Å². The number of aliphatic carboxylic acids is 2. The van der Waals surface area contributed by atoms with Crippen LogP contribution in [0.1, 0.15) is 28.8 Å². The van der Waals surface area contributed by atoms with Gasteiger partial charge in [0.15, 0.2) is 0 Å². The smallest absolute Gasteiger partial charge is 0.414 e. The summed E-state index contributed by atoms with van der Waals surface area (Å²) in [5.41, 5.74) is 7.85. The molecule has 3 rings (SSSR count). The highest BCUT2D eigenvalue weighted by atomic mass is 35.5. The van der Waals surface area contributed by atoms with Gasteiger partial charge >= 0.3 is 11.9 Å². The van der Waals surface area contributed by atoms with Crippen LogP contribution in [0.15, 0.2) is 42.5 Å². The van der Waals surface area contributed by atoms with Crippen LogP contribution in [0.5, 0.6) is 5.75 Å². The zero-order valence-electron chi connectivity index (χ0n) is 19.4. The quantitative estimate of drug-likeness (QED) is 0.240. The topological polar surface area (TPSA) is 151 Å². The molecule has 5 N–H and O–H groups in total. The number of carboxylic acids is 2. The van der Waals surface area contributed by atoms with Gasteiger partial charge in [-0.05, 0) is 24.5 Å². The van der Waals surface area contributed by atoms with Crippen LogP contribution in [-0.4, -0.2) is 72.4 Å². The first-order valence-corrected chi connectivity index (χ1v) is 11.3. The van der Waals surface area contributed by atoms with Crippen molar-refractivity contribution in [2.45, 2.75) is 25.5 Å². The molecule has 10 nitrogen and oxygen atoms in total. The van der Waals surface area contributed by atoms with Crippen LogP contribution in [0.2, 0.25) is 5.02 Å². The maximum atomic E-state index is 12.5. The Morgan fingerprint density at radius 2 is 1.89 bits per heavy atom. The summed E-state index contributed by atoms with van der Waals surface area (Å²) in [6, 6.07) is 13.6. The number of ether oxygens (including phenoxy) is 2. The lowest BCUT2D eigenvalue weighted by molar-refractivity contribution is -0.159. The second kappa shape index (κ2) is 14.1. The molecule has 1 aliphatic rings. The van der Waals surface area contributed by atoms with Gasteiger partial charge in [0, 0.05) is 32.2 Å². The molecular formula is C24H30ClN3O7. The molecule has 1 fully saturated rings. The Morgan fingerprint density at radius 3 is 2.51 bits per heavy atom. The second-order valence-electron chi connectivity index (χ2n) is 7.80. The summed E-state index contributed by atoms with van der Waals surface area (Å²) < 4.78 is 11.1. The van der Waals surface area contributed by atoms with Gasteiger partial charge in [-0.15, -0.1) is 0 Å². The maximum absolute atomic E-state index is 12.5. The molecule has 0 aromatic heterocycles. The monoisotopic (exact) mass is 507 g/mol. The highest BCUT2D eigenvalue weighted by Gasteiger charge is 2.20. The first-order chi connectivity index (χ1) is 16.7. The molecule has 1 unspecified atom stereocenters. The largest absolute Gasteiger partial charge is 0.496 e. The number of methoxy groups -OCH3 is 1. The molecule has 2 aromatic rings. The van der Waals surface area contributed by atoms with Gasteiger partial charge in [0.2, 0.25) is 0 Å². The minimum atomic E-state index is -1.82. The molecule has 0 aliphatic carbocycles. The molecule has 1 amide bonds. The Labute approximate surface area is 208 Å². The Morgan fingerprint density at radius 1 is 1.20 bits per heavy atom. The number of halogens is 1. The first-order valence-electron chi connectivity index (χ1n) is 11.0. The summed E-state index contributed by atoms with van der Waals surface area (Å²) in [7, 11) is 1.50. The van der Waals surface area contributed by atoms with Gasteiger partial charge in [0.1, 0.15) is 5.75 Å². The Hall–Kier alpha value is -3.34. The van der Waals surface area contributed by atoms with Gasteiger partial charge in [-0.2, -0.15) is 0 Å². The normalized spacial score (nSPS) is 15.4. The van der Waals surface area contributed by atoms with E-state index in [0.717, 1.165) is 39.1 Å². The van der Waals surface area contributed by atoms with Crippen LogP contribution in [0.25, 0.3) is 0 Å². The molecule has 0 spiro atoms. The third kappa shape index (κ3) is 9.44. The number of amides is 1. The van der Waals surface area contributed by atoms with E-state index in [9.17, 15) is 4.79 Å². The van der Waals surface area contributed by atoms with E-state index in [4.69, 9.17) is 46.6 Å². The van der Waals surface area contributed by atoms with Crippen molar-refractivity contribution in [3.8, 4) is 5.75 Å². The SMILES string of the molecule is COc1cc(N)c(Cl)cc1C(=O)NCCCC1CN(Cc2ccccc2)CCO1.O=C(O)C(=O)O. The summed E-state index contributed by atoms with van der Waals surface area (Å²) in [5, 5.41) is 18.0. The molecule has 0 bridgehead atoms. The number of nitrogens with two attached hydrogens (primary N) is 1. The minimum absolute atomic E-state index is 0.185. The Balaban J connectivity index is 0.000000641. The lowest BCUT2D eigenvalue weighted by atomic mass is 10.1. The van der Waals surface area contributed by atoms with Crippen molar-refractivity contribution in [1.82, 2.24) is 10.2 Å². The highest BCUT2D eigenvalue weighted by Crippen LogP contribution is 2.28. The fraction of sp³-hybridized carbons (Fsp3) is 0.375. The molecule has 2 aromatic carbocycles. The average molecular weight is 508 g/mol. The predicted molar refractivity (Wildman–Crippen MR) is 131 cm³/mol. The number of carboxylic acid groups (broad SMARTS) is 2. The fourth-order valence-corrected chi connectivity index (χ4v) is 3.65. The molecule has 0 saturated carbocycles. The zero-order valence-corrected chi connectivity index (χ0v) is 20.2. The van der Waals surface area contributed by atoms with Crippen LogP contribution in [0.3, 0.4) is 0 Å². The number of benzene rings is 2. The lowest BCUT2D eigenvalue weighted by Crippen LogP contribution is -2.42. The van der Waals surface area contributed by atoms with Crippen molar-refractivity contribution < 1.29 is 34.1 Å². The van der Waals surface area contributed by atoms with E-state index in [1.807, 2.05) is 6.07 Å². The van der Waals surface area contributed by atoms with Gasteiger partial charge in [-0.1, -0.05) is 41.9 Å². The van der Waals surface area contributed by atoms with E-state index in [1.165, 1.54) is 18.7 Å². The van der Waals surface area contributed by atoms with Crippen LogP contribution >= 0.6 is 11.6 Å². The standard InChI is InChI=1S/C22H28ClN3O3.C2H2O4/c1-28-21-13-20(24)19(23)12-18(21)22(27)25-9-5-8-17-15-26(10-11-29-17)14-16-6-3-2-4-7-16;3-1(4)2(5)6/h2-4,6-7,12-13,17H,5,8-11,14-15,24H2,1H3,(H,25,27);(H,3,4)(H,5,6). The molecule has 0 radical (unpaired) electrons. The summed E-state index contributed by atoms with van der Waals surface area (Å²) in [4.78, 5) is 33.1. The number of anilines is 1. The number of nitrogens with one attached hydrogen (secondary N) is 1. The second-order valence-corrected chi connectivity index (χ2v) is 8.20. The minimum Gasteiger partial charge on any atom is -0.496 e. The maximum Gasteiger partial charge on any atom is 0.414 e. The van der Waals surface area contributed by atoms with Crippen molar-refractivity contribution in [3.05, 3.63) is 58.6 Å². The van der Waals surface area contributed by atoms with Crippen molar-refractivity contribution in [1.29, 1.82) is 0 Å². The summed E-state index contributed by atoms with van der Waals surface area (Å²) in [6.45, 7) is 4.09. The highest BCUT2D eigenvalue weighted by molar-refractivity contribution is 6.33. The lowest BCUT2D eigenvalue weighted by Gasteiger charge is -2.33. The predicted octanol–water partition coefficient (Wildman–Crippen LogP) is 2.50.